The Bertz CT molecular complexity index is 772. The van der Waals surface area contributed by atoms with Gasteiger partial charge in [0.2, 0.25) is 0 Å². The van der Waals surface area contributed by atoms with Gasteiger partial charge >= 0.3 is 5.97 Å². The van der Waals surface area contributed by atoms with Crippen molar-refractivity contribution >= 4 is 29.5 Å². The number of carbonyl (C=O) groups excluding carboxylic acids is 2. The number of nitro benzene ring substituents is 1. The molecule has 0 amide bonds. The molecular formula is C15H10ClNO6. The molecule has 0 aromatic heterocycles. The summed E-state index contributed by atoms with van der Waals surface area (Å²) in [6, 6.07) is 7.60. The summed E-state index contributed by atoms with van der Waals surface area (Å²) in [4.78, 5) is 32.9. The molecule has 23 heavy (non-hydrogen) atoms. The van der Waals surface area contributed by atoms with E-state index < -0.39 is 10.9 Å². The largest absolute Gasteiger partial charge is 0.493 e. The number of ether oxygens (including phenoxy) is 2. The Kier molecular flexibility index (Phi) is 4.92. The minimum absolute atomic E-state index is 0.0294. The van der Waals surface area contributed by atoms with E-state index in [1.165, 1.54) is 43.5 Å². The fourth-order valence-corrected chi connectivity index (χ4v) is 2.04. The summed E-state index contributed by atoms with van der Waals surface area (Å²) in [6.45, 7) is 0. The summed E-state index contributed by atoms with van der Waals surface area (Å²) < 4.78 is 10.2. The average Bonchev–Trinajstić information content (AvgIpc) is 2.56. The smallest absolute Gasteiger partial charge is 0.343 e. The highest BCUT2D eigenvalue weighted by molar-refractivity contribution is 6.32. The van der Waals surface area contributed by atoms with E-state index in [4.69, 9.17) is 21.1 Å². The third-order valence-corrected chi connectivity index (χ3v) is 3.18. The Labute approximate surface area is 135 Å². The van der Waals surface area contributed by atoms with Gasteiger partial charge in [-0.15, -0.1) is 0 Å². The molecule has 0 fully saturated rings. The van der Waals surface area contributed by atoms with Gasteiger partial charge in [-0.05, 0) is 24.3 Å². The number of nitro groups is 1. The van der Waals surface area contributed by atoms with Crippen LogP contribution in [-0.2, 0) is 0 Å². The van der Waals surface area contributed by atoms with Crippen molar-refractivity contribution in [3.63, 3.8) is 0 Å². The second-order valence-electron chi connectivity index (χ2n) is 4.35. The summed E-state index contributed by atoms with van der Waals surface area (Å²) >= 11 is 5.98. The number of hydrogen-bond acceptors (Lipinski definition) is 6. The standard InChI is InChI=1S/C15H10ClNO6/c1-22-13-7-9(8-18)6-12(16)14(13)23-15(19)10-2-4-11(5-3-10)17(20)21/h2-8H,1H3. The van der Waals surface area contributed by atoms with Crippen LogP contribution in [0.25, 0.3) is 0 Å². The third-order valence-electron chi connectivity index (χ3n) is 2.90. The normalized spacial score (nSPS) is 10.0. The maximum atomic E-state index is 12.1. The second kappa shape index (κ2) is 6.89. The number of rotatable bonds is 5. The van der Waals surface area contributed by atoms with Gasteiger partial charge in [-0.25, -0.2) is 4.79 Å². The molecule has 8 heteroatoms. The van der Waals surface area contributed by atoms with Crippen LogP contribution in [0.4, 0.5) is 5.69 Å². The Hall–Kier alpha value is -2.93. The van der Waals surface area contributed by atoms with Crippen LogP contribution < -0.4 is 9.47 Å². The van der Waals surface area contributed by atoms with E-state index in [-0.39, 0.29) is 33.3 Å². The molecule has 0 bridgehead atoms. The molecular weight excluding hydrogens is 326 g/mol. The minimum atomic E-state index is -0.765. The molecule has 0 spiro atoms. The quantitative estimate of drug-likeness (QED) is 0.273. The lowest BCUT2D eigenvalue weighted by molar-refractivity contribution is -0.384. The molecule has 0 saturated carbocycles. The van der Waals surface area contributed by atoms with Gasteiger partial charge in [0, 0.05) is 17.7 Å². The Morgan fingerprint density at radius 2 is 1.91 bits per heavy atom. The molecule has 7 nitrogen and oxygen atoms in total. The summed E-state index contributed by atoms with van der Waals surface area (Å²) in [7, 11) is 1.34. The first-order chi connectivity index (χ1) is 11.0. The maximum Gasteiger partial charge on any atom is 0.343 e. The molecule has 0 aliphatic heterocycles. The highest BCUT2D eigenvalue weighted by atomic mass is 35.5. The van der Waals surface area contributed by atoms with Gasteiger partial charge in [-0.1, -0.05) is 11.6 Å². The van der Waals surface area contributed by atoms with Crippen molar-refractivity contribution in [2.45, 2.75) is 0 Å². The zero-order valence-electron chi connectivity index (χ0n) is 11.8. The van der Waals surface area contributed by atoms with E-state index in [1.54, 1.807) is 0 Å². The lowest BCUT2D eigenvalue weighted by atomic mass is 10.2. The summed E-state index contributed by atoms with van der Waals surface area (Å²) in [5.74, 6) is -0.683. The average molecular weight is 336 g/mol. The zero-order valence-corrected chi connectivity index (χ0v) is 12.6. The number of halogens is 1. The van der Waals surface area contributed by atoms with E-state index in [0.717, 1.165) is 0 Å². The first-order valence-electron chi connectivity index (χ1n) is 6.25. The molecule has 118 valence electrons. The molecule has 0 unspecified atom stereocenters. The van der Waals surface area contributed by atoms with Crippen LogP contribution in [0.15, 0.2) is 36.4 Å². The van der Waals surface area contributed by atoms with Crippen LogP contribution in [0.2, 0.25) is 5.02 Å². The van der Waals surface area contributed by atoms with Gasteiger partial charge in [0.15, 0.2) is 11.5 Å². The number of esters is 1. The van der Waals surface area contributed by atoms with Gasteiger partial charge in [-0.3, -0.25) is 14.9 Å². The van der Waals surface area contributed by atoms with E-state index in [9.17, 15) is 19.7 Å². The van der Waals surface area contributed by atoms with Crippen LogP contribution in [0.1, 0.15) is 20.7 Å². The topological polar surface area (TPSA) is 95.7 Å². The molecule has 2 aromatic rings. The molecule has 2 aromatic carbocycles. The van der Waals surface area contributed by atoms with Crippen molar-refractivity contribution < 1.29 is 24.0 Å². The first kappa shape index (κ1) is 16.4. The number of non-ortho nitro benzene ring substituents is 1. The van der Waals surface area contributed by atoms with Crippen molar-refractivity contribution in [2.24, 2.45) is 0 Å². The molecule has 0 radical (unpaired) electrons. The third kappa shape index (κ3) is 3.64. The van der Waals surface area contributed by atoms with E-state index in [2.05, 4.69) is 0 Å². The van der Waals surface area contributed by atoms with Crippen molar-refractivity contribution in [1.82, 2.24) is 0 Å². The van der Waals surface area contributed by atoms with Gasteiger partial charge in [0.25, 0.3) is 5.69 Å². The van der Waals surface area contributed by atoms with Gasteiger partial charge in [-0.2, -0.15) is 0 Å². The van der Waals surface area contributed by atoms with Crippen LogP contribution in [0.5, 0.6) is 11.5 Å². The zero-order chi connectivity index (χ0) is 17.0. The second-order valence-corrected chi connectivity index (χ2v) is 4.75. The number of hydrogen-bond donors (Lipinski definition) is 0. The van der Waals surface area contributed by atoms with Crippen LogP contribution in [0, 0.1) is 10.1 Å². The Morgan fingerprint density at radius 1 is 1.26 bits per heavy atom. The fraction of sp³-hybridized carbons (Fsp3) is 0.0667. The first-order valence-corrected chi connectivity index (χ1v) is 6.63. The number of nitrogens with zero attached hydrogens (tertiary/aromatic N) is 1. The molecule has 0 aliphatic carbocycles. The Balaban J connectivity index is 2.29. The predicted molar refractivity (Wildman–Crippen MR) is 81.4 cm³/mol. The molecule has 0 heterocycles. The number of aldehydes is 1. The maximum absolute atomic E-state index is 12.1. The Morgan fingerprint density at radius 3 is 2.43 bits per heavy atom. The van der Waals surface area contributed by atoms with E-state index >= 15 is 0 Å². The van der Waals surface area contributed by atoms with Crippen molar-refractivity contribution in [1.29, 1.82) is 0 Å². The highest BCUT2D eigenvalue weighted by Crippen LogP contribution is 2.36. The van der Waals surface area contributed by atoms with Crippen LogP contribution in [-0.4, -0.2) is 24.3 Å². The predicted octanol–water partition coefficient (Wildman–Crippen LogP) is 3.29. The molecule has 2 rings (SSSR count). The summed E-state index contributed by atoms with van der Waals surface area (Å²) in [6.07, 6.45) is 0.580. The molecule has 0 N–H and O–H groups in total. The van der Waals surface area contributed by atoms with Gasteiger partial charge < -0.3 is 9.47 Å². The fourth-order valence-electron chi connectivity index (χ4n) is 1.78. The van der Waals surface area contributed by atoms with Gasteiger partial charge in [0.05, 0.1) is 22.6 Å². The summed E-state index contributed by atoms with van der Waals surface area (Å²) in [5, 5.41) is 10.6. The lowest BCUT2D eigenvalue weighted by Gasteiger charge is -2.11. The van der Waals surface area contributed by atoms with Gasteiger partial charge in [0.1, 0.15) is 6.29 Å². The molecule has 0 saturated heterocycles. The van der Waals surface area contributed by atoms with Crippen molar-refractivity contribution in [2.75, 3.05) is 7.11 Å². The number of carbonyl (C=O) groups is 2. The van der Waals surface area contributed by atoms with E-state index in [0.29, 0.717) is 6.29 Å². The highest BCUT2D eigenvalue weighted by Gasteiger charge is 2.18. The minimum Gasteiger partial charge on any atom is -0.493 e. The summed E-state index contributed by atoms with van der Waals surface area (Å²) in [5.41, 5.74) is 0.225. The van der Waals surface area contributed by atoms with E-state index in [1.807, 2.05) is 0 Å². The van der Waals surface area contributed by atoms with Crippen LogP contribution in [0.3, 0.4) is 0 Å². The monoisotopic (exact) mass is 335 g/mol. The molecule has 0 atom stereocenters. The molecule has 0 aliphatic rings. The van der Waals surface area contributed by atoms with Crippen molar-refractivity contribution in [3.8, 4) is 11.5 Å². The number of methoxy groups -OCH3 is 1. The number of benzene rings is 2. The van der Waals surface area contributed by atoms with Crippen molar-refractivity contribution in [3.05, 3.63) is 62.7 Å². The van der Waals surface area contributed by atoms with Crippen LogP contribution >= 0.6 is 11.6 Å². The SMILES string of the molecule is COc1cc(C=O)cc(Cl)c1OC(=O)c1ccc([N+](=O)[O-])cc1. The lowest BCUT2D eigenvalue weighted by Crippen LogP contribution is -2.10.